The molecule has 1 aromatic heterocycles. The van der Waals surface area contributed by atoms with Gasteiger partial charge in [-0.25, -0.2) is 23.0 Å². The van der Waals surface area contributed by atoms with E-state index in [4.69, 9.17) is 0 Å². The molecule has 6 nitrogen and oxygen atoms in total. The van der Waals surface area contributed by atoms with E-state index in [1.165, 1.54) is 24.5 Å². The molecule has 0 spiro atoms. The van der Waals surface area contributed by atoms with Crippen LogP contribution in [0.3, 0.4) is 0 Å². The van der Waals surface area contributed by atoms with Crippen molar-refractivity contribution in [3.05, 3.63) is 42.2 Å². The molecule has 9 heteroatoms. The third kappa shape index (κ3) is 4.16. The number of benzene rings is 1. The molecule has 0 aliphatic carbocycles. The molecule has 2 unspecified atom stereocenters. The molecule has 1 saturated heterocycles. The average Bonchev–Trinajstić information content (AvgIpc) is 2.62. The van der Waals surface area contributed by atoms with Crippen molar-refractivity contribution < 1.29 is 13.0 Å². The Morgan fingerprint density at radius 1 is 1.23 bits per heavy atom. The lowest BCUT2D eigenvalue weighted by Crippen LogP contribution is -2.45. The van der Waals surface area contributed by atoms with Crippen LogP contribution in [-0.2, 0) is 11.0 Å². The lowest BCUT2D eigenvalue weighted by molar-refractivity contribution is 0.258. The van der Waals surface area contributed by atoms with Crippen molar-refractivity contribution in [3.63, 3.8) is 0 Å². The summed E-state index contributed by atoms with van der Waals surface area (Å²) in [6.45, 7) is 1.44. The molecular weight excluding hydrogens is 360 g/mol. The highest BCUT2D eigenvalue weighted by atomic mass is 32.2. The fourth-order valence-electron chi connectivity index (χ4n) is 3.00. The van der Waals surface area contributed by atoms with Crippen LogP contribution in [0.15, 0.2) is 35.5 Å². The van der Waals surface area contributed by atoms with Gasteiger partial charge in [0.2, 0.25) is 5.95 Å². The monoisotopic (exact) mass is 381 g/mol. The maximum absolute atomic E-state index is 14.5. The molecule has 1 fully saturated rings. The van der Waals surface area contributed by atoms with Gasteiger partial charge in [-0.2, -0.15) is 0 Å². The third-order valence-corrected chi connectivity index (χ3v) is 5.54. The summed E-state index contributed by atoms with van der Waals surface area (Å²) in [5.74, 6) is -1.67. The summed E-state index contributed by atoms with van der Waals surface area (Å²) in [5.41, 5.74) is 0.461. The number of nitrogens with zero attached hydrogens (tertiary/aromatic N) is 4. The quantitative estimate of drug-likeness (QED) is 0.862. The molecule has 1 aliphatic heterocycles. The Kier molecular flexibility index (Phi) is 5.77. The van der Waals surface area contributed by atoms with Crippen LogP contribution in [0, 0.1) is 11.6 Å². The zero-order valence-corrected chi connectivity index (χ0v) is 15.5. The van der Waals surface area contributed by atoms with Crippen molar-refractivity contribution in [3.8, 4) is 0 Å². The van der Waals surface area contributed by atoms with Crippen molar-refractivity contribution in [1.82, 2.24) is 14.9 Å². The minimum atomic E-state index is -2.14. The minimum Gasteiger partial charge on any atom is -0.370 e. The number of halogens is 2. The number of rotatable bonds is 5. The van der Waals surface area contributed by atoms with E-state index in [0.717, 1.165) is 19.4 Å². The fourth-order valence-corrected chi connectivity index (χ4v) is 3.85. The van der Waals surface area contributed by atoms with E-state index in [0.29, 0.717) is 18.3 Å². The summed E-state index contributed by atoms with van der Waals surface area (Å²) >= 11 is 0. The first-order valence-electron chi connectivity index (χ1n) is 8.31. The number of aromatic nitrogens is 2. The lowest BCUT2D eigenvalue weighted by Gasteiger charge is -2.37. The van der Waals surface area contributed by atoms with Crippen LogP contribution in [0.5, 0.6) is 0 Å². The third-order valence-electron chi connectivity index (χ3n) is 4.41. The Bertz CT molecular complexity index is 767. The molecule has 1 aromatic carbocycles. The van der Waals surface area contributed by atoms with Crippen molar-refractivity contribution >= 4 is 22.6 Å². The molecule has 0 radical (unpaired) electrons. The first kappa shape index (κ1) is 18.7. The molecule has 140 valence electrons. The van der Waals surface area contributed by atoms with Gasteiger partial charge in [-0.05, 0) is 45.1 Å². The van der Waals surface area contributed by atoms with E-state index >= 15 is 0 Å². The molecule has 2 atom stereocenters. The Hall–Kier alpha value is -2.13. The van der Waals surface area contributed by atoms with E-state index in [9.17, 15) is 13.0 Å². The standard InChI is InChI=1S/C17H21F2N5OS/c1-23(2)12-5-3-8-24(11-12)13-9-14(18)16(15(19)10-13)26(25)22-17-20-6-4-7-21-17/h4,6-7,9-10,12H,3,5,8,11H2,1-2H3,(H,20,21,22). The van der Waals surface area contributed by atoms with Crippen LogP contribution >= 0.6 is 0 Å². The van der Waals surface area contributed by atoms with Gasteiger partial charge in [0.05, 0.1) is 0 Å². The Balaban J connectivity index is 1.81. The van der Waals surface area contributed by atoms with Crippen LogP contribution in [0.4, 0.5) is 20.4 Å². The van der Waals surface area contributed by atoms with Gasteiger partial charge in [0.15, 0.2) is 11.0 Å². The Morgan fingerprint density at radius 3 is 2.50 bits per heavy atom. The molecule has 2 heterocycles. The largest absolute Gasteiger partial charge is 0.370 e. The predicted molar refractivity (Wildman–Crippen MR) is 97.3 cm³/mol. The second kappa shape index (κ2) is 8.05. The molecule has 26 heavy (non-hydrogen) atoms. The molecule has 0 saturated carbocycles. The van der Waals surface area contributed by atoms with Crippen LogP contribution in [0.2, 0.25) is 0 Å². The highest BCUT2D eigenvalue weighted by Crippen LogP contribution is 2.27. The number of piperidine rings is 1. The summed E-state index contributed by atoms with van der Waals surface area (Å²) in [6.07, 6.45) is 4.89. The van der Waals surface area contributed by atoms with Crippen LogP contribution < -0.4 is 9.62 Å². The van der Waals surface area contributed by atoms with Gasteiger partial charge < -0.3 is 9.80 Å². The second-order valence-electron chi connectivity index (χ2n) is 6.39. The molecule has 3 rings (SSSR count). The van der Waals surface area contributed by atoms with Crippen LogP contribution in [-0.4, -0.2) is 52.3 Å². The van der Waals surface area contributed by atoms with E-state index in [2.05, 4.69) is 19.6 Å². The van der Waals surface area contributed by atoms with Gasteiger partial charge in [-0.3, -0.25) is 4.72 Å². The van der Waals surface area contributed by atoms with E-state index in [-0.39, 0.29) is 5.95 Å². The van der Waals surface area contributed by atoms with E-state index in [1.54, 1.807) is 6.07 Å². The first-order chi connectivity index (χ1) is 12.5. The molecule has 2 aromatic rings. The molecule has 0 bridgehead atoms. The maximum Gasteiger partial charge on any atom is 0.234 e. The summed E-state index contributed by atoms with van der Waals surface area (Å²) in [5, 5.41) is 0. The minimum absolute atomic E-state index is 0.0403. The highest BCUT2D eigenvalue weighted by Gasteiger charge is 2.25. The smallest absolute Gasteiger partial charge is 0.234 e. The number of anilines is 2. The molecule has 1 aliphatic rings. The zero-order valence-electron chi connectivity index (χ0n) is 14.7. The van der Waals surface area contributed by atoms with Crippen molar-refractivity contribution in [1.29, 1.82) is 0 Å². The first-order valence-corrected chi connectivity index (χ1v) is 9.46. The summed E-state index contributed by atoms with van der Waals surface area (Å²) in [6, 6.07) is 4.40. The Morgan fingerprint density at radius 2 is 1.88 bits per heavy atom. The SMILES string of the molecule is CN(C)C1CCCN(c2cc(F)c(S(=O)Nc3ncccn3)c(F)c2)C1. The van der Waals surface area contributed by atoms with Gasteiger partial charge in [0, 0.05) is 37.2 Å². The summed E-state index contributed by atoms with van der Waals surface area (Å²) < 4.78 is 43.8. The molecule has 1 N–H and O–H groups in total. The van der Waals surface area contributed by atoms with Crippen LogP contribution in [0.25, 0.3) is 0 Å². The Labute approximate surface area is 153 Å². The topological polar surface area (TPSA) is 61.4 Å². The average molecular weight is 381 g/mol. The van der Waals surface area contributed by atoms with Crippen molar-refractivity contribution in [2.45, 2.75) is 23.8 Å². The lowest BCUT2D eigenvalue weighted by atomic mass is 10.0. The number of hydrogen-bond acceptors (Lipinski definition) is 5. The molecule has 0 amide bonds. The second-order valence-corrected chi connectivity index (χ2v) is 7.54. The number of hydrogen-bond donors (Lipinski definition) is 1. The van der Waals surface area contributed by atoms with Gasteiger partial charge in [0.1, 0.15) is 16.5 Å². The maximum atomic E-state index is 14.5. The number of likely N-dealkylation sites (N-methyl/N-ethyl adjacent to an activating group) is 1. The van der Waals surface area contributed by atoms with E-state index < -0.39 is 27.5 Å². The highest BCUT2D eigenvalue weighted by molar-refractivity contribution is 7.86. The zero-order chi connectivity index (χ0) is 18.7. The van der Waals surface area contributed by atoms with Gasteiger partial charge in [-0.15, -0.1) is 0 Å². The van der Waals surface area contributed by atoms with Gasteiger partial charge >= 0.3 is 0 Å². The fraction of sp³-hybridized carbons (Fsp3) is 0.412. The summed E-state index contributed by atoms with van der Waals surface area (Å²) in [4.78, 5) is 11.2. The summed E-state index contributed by atoms with van der Waals surface area (Å²) in [7, 11) is 1.86. The molecular formula is C17H21F2N5OS. The normalized spacial score (nSPS) is 18.8. The van der Waals surface area contributed by atoms with Gasteiger partial charge in [0.25, 0.3) is 0 Å². The number of nitrogens with one attached hydrogen (secondary N) is 1. The predicted octanol–water partition coefficient (Wildman–Crippen LogP) is 2.42. The van der Waals surface area contributed by atoms with Crippen LogP contribution in [0.1, 0.15) is 12.8 Å². The van der Waals surface area contributed by atoms with Crippen molar-refractivity contribution in [2.24, 2.45) is 0 Å². The van der Waals surface area contributed by atoms with Gasteiger partial charge in [-0.1, -0.05) is 0 Å². The van der Waals surface area contributed by atoms with E-state index in [1.807, 2.05) is 19.0 Å². The van der Waals surface area contributed by atoms with Crippen molar-refractivity contribution in [2.75, 3.05) is 36.8 Å².